The summed E-state index contributed by atoms with van der Waals surface area (Å²) in [5.41, 5.74) is 3.52. The Labute approximate surface area is 204 Å². The average molecular weight is 453 g/mol. The quantitative estimate of drug-likeness (QED) is 0.166. The van der Waals surface area contributed by atoms with Gasteiger partial charge in [0.05, 0.1) is 20.6 Å². The molecule has 2 aliphatic carbocycles. The van der Waals surface area contributed by atoms with Crippen LogP contribution in [0.15, 0.2) is 29.8 Å². The third-order valence-electron chi connectivity index (χ3n) is 9.35. The number of allylic oxidation sites excluding steroid dienone is 1. The minimum atomic E-state index is -0.169. The molecular weight excluding hydrogens is 402 g/mol. The van der Waals surface area contributed by atoms with Crippen molar-refractivity contribution in [1.82, 2.24) is 4.48 Å². The second kappa shape index (κ2) is 10.9. The zero-order chi connectivity index (χ0) is 24.1. The Balaban J connectivity index is 1.47. The van der Waals surface area contributed by atoms with Gasteiger partial charge in [-0.05, 0) is 78.5 Å². The van der Waals surface area contributed by atoms with E-state index in [2.05, 4.69) is 72.1 Å². The summed E-state index contributed by atoms with van der Waals surface area (Å²) in [6.07, 6.45) is 18.2. The molecule has 0 heterocycles. The first kappa shape index (κ1) is 26.2. The van der Waals surface area contributed by atoms with E-state index in [1.165, 1.54) is 82.0 Å². The smallest absolute Gasteiger partial charge is 0.165 e. The maximum atomic E-state index is 13.1. The lowest BCUT2D eigenvalue weighted by molar-refractivity contribution is -0.125. The molecule has 2 bridgehead atoms. The van der Waals surface area contributed by atoms with Crippen molar-refractivity contribution in [2.45, 2.75) is 105 Å². The lowest BCUT2D eigenvalue weighted by atomic mass is 9.70. The van der Waals surface area contributed by atoms with Crippen LogP contribution in [0.25, 0.3) is 6.08 Å². The Morgan fingerprint density at radius 1 is 0.879 bits per heavy atom. The Kier molecular flexibility index (Phi) is 8.65. The maximum Gasteiger partial charge on any atom is 0.165 e. The minimum Gasteiger partial charge on any atom is -0.296 e. The van der Waals surface area contributed by atoms with Crippen molar-refractivity contribution >= 4 is 17.5 Å². The van der Waals surface area contributed by atoms with E-state index in [9.17, 15) is 4.79 Å². The zero-order valence-corrected chi connectivity index (χ0v) is 22.5. The van der Waals surface area contributed by atoms with Crippen LogP contribution in [-0.2, 0) is 4.79 Å². The van der Waals surface area contributed by atoms with Gasteiger partial charge in [-0.1, -0.05) is 79.1 Å². The molecule has 2 atom stereocenters. The fraction of sp³-hybridized carbons (Fsp3) is 0.710. The topological polar surface area (TPSA) is 17.1 Å². The van der Waals surface area contributed by atoms with Gasteiger partial charge in [-0.2, -0.15) is 0 Å². The van der Waals surface area contributed by atoms with Crippen molar-refractivity contribution in [2.24, 2.45) is 16.7 Å². The van der Waals surface area contributed by atoms with Crippen LogP contribution in [0.5, 0.6) is 0 Å². The number of carbonyl (C=O) groups is 1. The van der Waals surface area contributed by atoms with Crippen LogP contribution >= 0.6 is 0 Å². The van der Waals surface area contributed by atoms with Gasteiger partial charge in [0.2, 0.25) is 0 Å². The number of quaternary nitrogens is 1. The van der Waals surface area contributed by atoms with Gasteiger partial charge in [0.15, 0.2) is 5.78 Å². The predicted octanol–water partition coefficient (Wildman–Crippen LogP) is 8.58. The number of hydrogen-bond donors (Lipinski definition) is 0. The lowest BCUT2D eigenvalue weighted by Gasteiger charge is -2.31. The monoisotopic (exact) mass is 452 g/mol. The van der Waals surface area contributed by atoms with E-state index in [1.807, 2.05) is 0 Å². The minimum absolute atomic E-state index is 0.0871. The molecule has 2 saturated carbocycles. The van der Waals surface area contributed by atoms with Gasteiger partial charge in [0.25, 0.3) is 0 Å². The summed E-state index contributed by atoms with van der Waals surface area (Å²) in [4.78, 5) is 13.1. The van der Waals surface area contributed by atoms with Crippen LogP contribution in [0.1, 0.15) is 110 Å². The second-order valence-electron chi connectivity index (χ2n) is 12.3. The van der Waals surface area contributed by atoms with E-state index in [-0.39, 0.29) is 10.8 Å². The molecule has 2 aliphatic rings. The van der Waals surface area contributed by atoms with E-state index in [0.29, 0.717) is 11.7 Å². The molecule has 0 aliphatic heterocycles. The fourth-order valence-electron chi connectivity index (χ4n) is 6.37. The van der Waals surface area contributed by atoms with E-state index < -0.39 is 0 Å². The first-order chi connectivity index (χ1) is 15.6. The number of unbranched alkanes of at least 4 members (excludes halogenated alkanes) is 9. The highest BCUT2D eigenvalue weighted by Crippen LogP contribution is 2.65. The van der Waals surface area contributed by atoms with Gasteiger partial charge < -0.3 is 0 Å². The highest BCUT2D eigenvalue weighted by atomic mass is 16.1. The molecule has 0 aromatic heterocycles. The number of hydrogen-bond acceptors (Lipinski definition) is 1. The third kappa shape index (κ3) is 5.64. The van der Waals surface area contributed by atoms with Crippen LogP contribution in [0.4, 0.5) is 5.69 Å². The third-order valence-corrected chi connectivity index (χ3v) is 9.35. The number of carbonyl (C=O) groups excluding carboxylic acids is 1. The summed E-state index contributed by atoms with van der Waals surface area (Å²) in [7, 11) is 4.65. The van der Waals surface area contributed by atoms with Crippen molar-refractivity contribution in [3.63, 3.8) is 0 Å². The Morgan fingerprint density at radius 2 is 1.42 bits per heavy atom. The van der Waals surface area contributed by atoms with Gasteiger partial charge in [0, 0.05) is 5.41 Å². The van der Waals surface area contributed by atoms with Crippen molar-refractivity contribution in [1.29, 1.82) is 0 Å². The molecule has 1 aromatic rings. The van der Waals surface area contributed by atoms with Crippen molar-refractivity contribution in [3.05, 3.63) is 35.4 Å². The van der Waals surface area contributed by atoms with E-state index >= 15 is 0 Å². The summed E-state index contributed by atoms with van der Waals surface area (Å²) in [6, 6.07) is 8.98. The molecule has 2 heteroatoms. The SMILES string of the molecule is CCCCCCCCCCCC[N+](C)(C)c1ccc(C=C2C(=O)C3(C)CCC2C3(C)C)cc1. The summed E-state index contributed by atoms with van der Waals surface area (Å²) in [5.74, 6) is 0.808. The molecule has 2 nitrogen and oxygen atoms in total. The van der Waals surface area contributed by atoms with Gasteiger partial charge in [0.1, 0.15) is 5.69 Å². The predicted molar refractivity (Wildman–Crippen MR) is 144 cm³/mol. The van der Waals surface area contributed by atoms with Gasteiger partial charge in [-0.15, -0.1) is 0 Å². The molecule has 0 spiro atoms. The van der Waals surface area contributed by atoms with Gasteiger partial charge in [-0.25, -0.2) is 0 Å². The van der Waals surface area contributed by atoms with Crippen molar-refractivity contribution in [3.8, 4) is 0 Å². The Morgan fingerprint density at radius 3 is 1.94 bits per heavy atom. The number of fused-ring (bicyclic) bond motifs is 2. The summed E-state index contributed by atoms with van der Waals surface area (Å²) >= 11 is 0. The van der Waals surface area contributed by atoms with Crippen LogP contribution in [0.2, 0.25) is 0 Å². The molecule has 33 heavy (non-hydrogen) atoms. The molecule has 184 valence electrons. The normalized spacial score (nSPS) is 25.3. The van der Waals surface area contributed by atoms with Crippen molar-refractivity contribution in [2.75, 3.05) is 20.6 Å². The average Bonchev–Trinajstić information content (AvgIpc) is 3.09. The van der Waals surface area contributed by atoms with E-state index in [1.54, 1.807) is 0 Å². The molecular formula is C31H50NO+. The highest BCUT2D eigenvalue weighted by molar-refractivity contribution is 6.07. The Hall–Kier alpha value is -1.41. The summed E-state index contributed by atoms with van der Waals surface area (Å²) in [6.45, 7) is 10.2. The first-order valence-electron chi connectivity index (χ1n) is 13.8. The Bertz CT molecular complexity index is 816. The molecule has 0 radical (unpaired) electrons. The molecule has 0 amide bonds. The van der Waals surface area contributed by atoms with Gasteiger partial charge >= 0.3 is 0 Å². The van der Waals surface area contributed by atoms with E-state index in [4.69, 9.17) is 0 Å². The number of Topliss-reactive ketones (excluding diaryl/α,β-unsaturated/α-hetero) is 1. The molecule has 0 N–H and O–H groups in total. The molecule has 0 saturated heterocycles. The summed E-state index contributed by atoms with van der Waals surface area (Å²) in [5, 5.41) is 0. The molecule has 2 unspecified atom stereocenters. The van der Waals surface area contributed by atoms with Crippen LogP contribution < -0.4 is 4.48 Å². The standard InChI is InChI=1S/C31H50NO/c1-7-8-9-10-11-12-13-14-15-16-23-32(5,6)26-19-17-25(18-20-26)24-27-28-21-22-31(4,29(27)33)30(28,2)3/h17-20,24,28H,7-16,21-23H2,1-6H3/q+1. The summed E-state index contributed by atoms with van der Waals surface area (Å²) < 4.78 is 0.931. The molecule has 3 rings (SSSR count). The van der Waals surface area contributed by atoms with Crippen LogP contribution in [0, 0.1) is 16.7 Å². The zero-order valence-electron chi connectivity index (χ0n) is 22.5. The number of rotatable bonds is 13. The number of benzene rings is 1. The van der Waals surface area contributed by atoms with E-state index in [0.717, 1.165) is 22.9 Å². The van der Waals surface area contributed by atoms with Crippen LogP contribution in [0.3, 0.4) is 0 Å². The van der Waals surface area contributed by atoms with Gasteiger partial charge in [-0.3, -0.25) is 9.28 Å². The largest absolute Gasteiger partial charge is 0.296 e. The second-order valence-corrected chi connectivity index (χ2v) is 12.3. The first-order valence-corrected chi connectivity index (χ1v) is 13.8. The fourth-order valence-corrected chi connectivity index (χ4v) is 6.37. The lowest BCUT2D eigenvalue weighted by Crippen LogP contribution is -2.41. The number of nitrogens with zero attached hydrogens (tertiary/aromatic N) is 1. The highest BCUT2D eigenvalue weighted by Gasteiger charge is 2.63. The maximum absolute atomic E-state index is 13.1. The van der Waals surface area contributed by atoms with Crippen molar-refractivity contribution < 1.29 is 4.79 Å². The molecule has 2 fully saturated rings. The number of ketones is 1. The van der Waals surface area contributed by atoms with Crippen LogP contribution in [-0.4, -0.2) is 26.4 Å². The molecule has 1 aromatic carbocycles.